The molecule has 1 saturated heterocycles. The largest absolute Gasteiger partial charge is 0.497 e. The summed E-state index contributed by atoms with van der Waals surface area (Å²) < 4.78 is 19.0. The van der Waals surface area contributed by atoms with Gasteiger partial charge in [0, 0.05) is 12.5 Å². The average Bonchev–Trinajstić information content (AvgIpc) is 2.82. The first kappa shape index (κ1) is 10.4. The van der Waals surface area contributed by atoms with Crippen LogP contribution in [0.3, 0.4) is 0 Å². The van der Waals surface area contributed by atoms with Gasteiger partial charge in [0.1, 0.15) is 11.9 Å². The van der Waals surface area contributed by atoms with Crippen molar-refractivity contribution in [3.63, 3.8) is 0 Å². The number of nitrogens with one attached hydrogen (secondary N) is 1. The molecule has 1 N–H and O–H groups in total. The van der Waals surface area contributed by atoms with E-state index in [0.717, 1.165) is 30.8 Å². The lowest BCUT2D eigenvalue weighted by atomic mass is 9.96. The van der Waals surface area contributed by atoms with Crippen molar-refractivity contribution in [1.82, 2.24) is 5.32 Å². The van der Waals surface area contributed by atoms with Crippen molar-refractivity contribution in [1.29, 1.82) is 0 Å². The summed E-state index contributed by atoms with van der Waals surface area (Å²) in [6.45, 7) is 1.72. The monoisotopic (exact) mass is 209 g/mol. The molecule has 1 aliphatic rings. The highest BCUT2D eigenvalue weighted by Crippen LogP contribution is 2.31. The van der Waals surface area contributed by atoms with Gasteiger partial charge < -0.3 is 10.1 Å². The summed E-state index contributed by atoms with van der Waals surface area (Å²) in [5.74, 6) is 0.897. The topological polar surface area (TPSA) is 21.3 Å². The Labute approximate surface area is 89.4 Å². The number of hydrogen-bond donors (Lipinski definition) is 1. The zero-order valence-electron chi connectivity index (χ0n) is 8.87. The maximum atomic E-state index is 14.0. The Morgan fingerprint density at radius 2 is 2.13 bits per heavy atom. The van der Waals surface area contributed by atoms with Crippen LogP contribution in [0.15, 0.2) is 24.3 Å². The van der Waals surface area contributed by atoms with Gasteiger partial charge in [-0.1, -0.05) is 12.1 Å². The Bertz CT molecular complexity index is 306. The van der Waals surface area contributed by atoms with E-state index in [1.807, 2.05) is 24.3 Å². The summed E-state index contributed by atoms with van der Waals surface area (Å²) in [5.41, 5.74) is 0.754. The molecule has 3 heteroatoms. The van der Waals surface area contributed by atoms with Crippen LogP contribution in [0, 0.1) is 5.92 Å². The fourth-order valence-electron chi connectivity index (χ4n) is 1.99. The molecule has 82 valence electrons. The lowest BCUT2D eigenvalue weighted by molar-refractivity contribution is 0.246. The highest BCUT2D eigenvalue weighted by atomic mass is 19.1. The van der Waals surface area contributed by atoms with Crippen LogP contribution in [-0.4, -0.2) is 20.2 Å². The van der Waals surface area contributed by atoms with Crippen LogP contribution < -0.4 is 10.1 Å². The smallest absolute Gasteiger partial charge is 0.129 e. The Morgan fingerprint density at radius 1 is 1.40 bits per heavy atom. The lowest BCUT2D eigenvalue weighted by Crippen LogP contribution is -2.13. The van der Waals surface area contributed by atoms with Gasteiger partial charge in [-0.3, -0.25) is 0 Å². The molecule has 2 atom stereocenters. The number of ether oxygens (including phenoxy) is 1. The minimum absolute atomic E-state index is 0.124. The quantitative estimate of drug-likeness (QED) is 0.824. The average molecular weight is 209 g/mol. The number of halogens is 1. The summed E-state index contributed by atoms with van der Waals surface area (Å²) >= 11 is 0. The molecule has 1 aromatic rings. The van der Waals surface area contributed by atoms with Gasteiger partial charge in [0.15, 0.2) is 0 Å². The first-order valence-corrected chi connectivity index (χ1v) is 5.30. The lowest BCUT2D eigenvalue weighted by Gasteiger charge is -2.15. The van der Waals surface area contributed by atoms with E-state index in [1.165, 1.54) is 0 Å². The van der Waals surface area contributed by atoms with Gasteiger partial charge in [-0.15, -0.1) is 0 Å². The van der Waals surface area contributed by atoms with E-state index in [1.54, 1.807) is 7.11 Å². The second kappa shape index (κ2) is 4.62. The number of benzene rings is 1. The van der Waals surface area contributed by atoms with E-state index in [9.17, 15) is 4.39 Å². The van der Waals surface area contributed by atoms with Crippen molar-refractivity contribution in [2.75, 3.05) is 20.2 Å². The minimum Gasteiger partial charge on any atom is -0.497 e. The number of hydrogen-bond acceptors (Lipinski definition) is 2. The molecule has 1 heterocycles. The van der Waals surface area contributed by atoms with Gasteiger partial charge in [0.05, 0.1) is 7.11 Å². The van der Waals surface area contributed by atoms with E-state index in [4.69, 9.17) is 4.74 Å². The third kappa shape index (κ3) is 2.29. The van der Waals surface area contributed by atoms with Crippen LogP contribution in [0.4, 0.5) is 4.39 Å². The van der Waals surface area contributed by atoms with E-state index < -0.39 is 6.17 Å². The fourth-order valence-corrected chi connectivity index (χ4v) is 1.99. The van der Waals surface area contributed by atoms with E-state index in [0.29, 0.717) is 0 Å². The van der Waals surface area contributed by atoms with Crippen LogP contribution in [0.5, 0.6) is 5.75 Å². The van der Waals surface area contributed by atoms with Crippen LogP contribution >= 0.6 is 0 Å². The molecule has 2 unspecified atom stereocenters. The Kier molecular flexibility index (Phi) is 3.21. The van der Waals surface area contributed by atoms with Crippen LogP contribution in [0.25, 0.3) is 0 Å². The Morgan fingerprint density at radius 3 is 2.67 bits per heavy atom. The molecule has 0 spiro atoms. The van der Waals surface area contributed by atoms with E-state index >= 15 is 0 Å². The molecule has 0 radical (unpaired) electrons. The second-order valence-corrected chi connectivity index (χ2v) is 3.93. The molecule has 0 aliphatic carbocycles. The molecule has 15 heavy (non-hydrogen) atoms. The van der Waals surface area contributed by atoms with Gasteiger partial charge in [-0.25, -0.2) is 4.39 Å². The molecule has 1 fully saturated rings. The highest BCUT2D eigenvalue weighted by Gasteiger charge is 2.25. The molecule has 1 aromatic carbocycles. The molecule has 0 amide bonds. The van der Waals surface area contributed by atoms with Crippen molar-refractivity contribution in [2.45, 2.75) is 12.6 Å². The van der Waals surface area contributed by atoms with Gasteiger partial charge >= 0.3 is 0 Å². The molecule has 0 bridgehead atoms. The Balaban J connectivity index is 2.07. The van der Waals surface area contributed by atoms with Gasteiger partial charge in [-0.2, -0.15) is 0 Å². The zero-order valence-corrected chi connectivity index (χ0v) is 8.87. The summed E-state index contributed by atoms with van der Waals surface area (Å²) in [6, 6.07) is 7.23. The van der Waals surface area contributed by atoms with Crippen LogP contribution in [0.1, 0.15) is 18.2 Å². The van der Waals surface area contributed by atoms with Crippen molar-refractivity contribution in [2.24, 2.45) is 5.92 Å². The van der Waals surface area contributed by atoms with E-state index in [2.05, 4.69) is 5.32 Å². The zero-order chi connectivity index (χ0) is 10.7. The molecule has 2 rings (SSSR count). The van der Waals surface area contributed by atoms with Crippen molar-refractivity contribution in [3.8, 4) is 5.75 Å². The normalized spacial score (nSPS) is 22.7. The van der Waals surface area contributed by atoms with Gasteiger partial charge in [-0.05, 0) is 30.7 Å². The number of rotatable bonds is 3. The van der Waals surface area contributed by atoms with Gasteiger partial charge in [0.2, 0.25) is 0 Å². The second-order valence-electron chi connectivity index (χ2n) is 3.93. The summed E-state index contributed by atoms with van der Waals surface area (Å²) in [6.07, 6.45) is 0.0682. The predicted molar refractivity (Wildman–Crippen MR) is 57.8 cm³/mol. The van der Waals surface area contributed by atoms with Crippen molar-refractivity contribution >= 4 is 0 Å². The molecular weight excluding hydrogens is 193 g/mol. The summed E-state index contributed by atoms with van der Waals surface area (Å²) in [5, 5.41) is 3.18. The minimum atomic E-state index is -0.856. The fraction of sp³-hybridized carbons (Fsp3) is 0.500. The Hall–Kier alpha value is -1.09. The first-order chi connectivity index (χ1) is 7.31. The van der Waals surface area contributed by atoms with Crippen molar-refractivity contribution < 1.29 is 9.13 Å². The molecular formula is C12H16FNO. The number of methoxy groups -OCH3 is 1. The summed E-state index contributed by atoms with van der Waals surface area (Å²) in [7, 11) is 1.61. The first-order valence-electron chi connectivity index (χ1n) is 5.30. The highest BCUT2D eigenvalue weighted by molar-refractivity contribution is 5.28. The molecule has 1 aliphatic heterocycles. The molecule has 0 aromatic heterocycles. The third-order valence-electron chi connectivity index (χ3n) is 2.95. The maximum absolute atomic E-state index is 14.0. The van der Waals surface area contributed by atoms with E-state index in [-0.39, 0.29) is 5.92 Å². The van der Waals surface area contributed by atoms with Crippen LogP contribution in [-0.2, 0) is 0 Å². The number of alkyl halides is 1. The standard InChI is InChI=1S/C12H16FNO/c1-15-11-4-2-9(3-5-11)12(13)10-6-7-14-8-10/h2-5,10,12,14H,6-8H2,1H3. The van der Waals surface area contributed by atoms with Crippen LogP contribution in [0.2, 0.25) is 0 Å². The molecule has 0 saturated carbocycles. The predicted octanol–water partition coefficient (Wildman–Crippen LogP) is 2.32. The summed E-state index contributed by atoms with van der Waals surface area (Å²) in [4.78, 5) is 0. The van der Waals surface area contributed by atoms with Gasteiger partial charge in [0.25, 0.3) is 0 Å². The third-order valence-corrected chi connectivity index (χ3v) is 2.95. The van der Waals surface area contributed by atoms with Crippen molar-refractivity contribution in [3.05, 3.63) is 29.8 Å². The maximum Gasteiger partial charge on any atom is 0.129 e. The SMILES string of the molecule is COc1ccc(C(F)C2CCNC2)cc1. The molecule has 2 nitrogen and oxygen atoms in total.